The summed E-state index contributed by atoms with van der Waals surface area (Å²) in [6.07, 6.45) is 4.07. The van der Waals surface area contributed by atoms with Gasteiger partial charge < -0.3 is 4.74 Å². The van der Waals surface area contributed by atoms with Crippen molar-refractivity contribution < 1.29 is 4.74 Å². The van der Waals surface area contributed by atoms with Crippen molar-refractivity contribution in [3.05, 3.63) is 36.4 Å². The summed E-state index contributed by atoms with van der Waals surface area (Å²) in [7, 11) is 0. The van der Waals surface area contributed by atoms with Crippen molar-refractivity contribution in [1.82, 2.24) is 4.90 Å². The van der Waals surface area contributed by atoms with Gasteiger partial charge in [-0.3, -0.25) is 4.90 Å². The van der Waals surface area contributed by atoms with Crippen LogP contribution in [-0.4, -0.2) is 29.1 Å². The summed E-state index contributed by atoms with van der Waals surface area (Å²) < 4.78 is 5.81. The van der Waals surface area contributed by atoms with Crippen LogP contribution in [0.15, 0.2) is 30.8 Å². The highest BCUT2D eigenvalue weighted by atomic mass is 16.5. The van der Waals surface area contributed by atoms with Crippen molar-refractivity contribution >= 4 is 6.08 Å². The van der Waals surface area contributed by atoms with Crippen molar-refractivity contribution in [2.24, 2.45) is 0 Å². The maximum Gasteiger partial charge on any atom is 0.119 e. The average Bonchev–Trinajstić information content (AvgIpc) is 2.40. The van der Waals surface area contributed by atoms with E-state index in [0.717, 1.165) is 37.3 Å². The maximum atomic E-state index is 5.81. The monoisotopic (exact) mass is 303 g/mol. The molecule has 0 bridgehead atoms. The summed E-state index contributed by atoms with van der Waals surface area (Å²) in [6.45, 7) is 19.4. The Morgan fingerprint density at radius 1 is 0.955 bits per heavy atom. The molecule has 22 heavy (non-hydrogen) atoms. The lowest BCUT2D eigenvalue weighted by Gasteiger charge is -2.45. The van der Waals surface area contributed by atoms with Crippen LogP contribution in [0.3, 0.4) is 0 Å². The Hall–Kier alpha value is -1.28. The van der Waals surface area contributed by atoms with E-state index in [1.165, 1.54) is 0 Å². The van der Waals surface area contributed by atoms with E-state index in [-0.39, 0.29) is 11.1 Å². The summed E-state index contributed by atoms with van der Waals surface area (Å²) in [6, 6.07) is 8.08. The number of rotatable bonds is 7. The molecule has 0 aromatic heterocycles. The Kier molecular flexibility index (Phi) is 6.67. The van der Waals surface area contributed by atoms with Crippen LogP contribution in [0.4, 0.5) is 0 Å². The molecule has 0 unspecified atom stereocenters. The number of unbranched alkanes of at least 4 members (excludes halogenated alkanes) is 1. The zero-order chi connectivity index (χ0) is 16.8. The molecule has 0 aliphatic rings. The van der Waals surface area contributed by atoms with Crippen molar-refractivity contribution in [3.63, 3.8) is 0 Å². The van der Waals surface area contributed by atoms with Gasteiger partial charge in [0.1, 0.15) is 5.75 Å². The van der Waals surface area contributed by atoms with E-state index < -0.39 is 0 Å². The standard InChI is InChI=1S/C20H33NO/c1-8-17-11-13-18(14-12-17)22-16-10-9-15-21(19(2,3)4)20(5,6)7/h8,11-14H,1,9-10,15-16H2,2-7H3. The Morgan fingerprint density at radius 3 is 1.95 bits per heavy atom. The van der Waals surface area contributed by atoms with Crippen molar-refractivity contribution in [2.45, 2.75) is 65.5 Å². The van der Waals surface area contributed by atoms with Gasteiger partial charge in [-0.15, -0.1) is 0 Å². The van der Waals surface area contributed by atoms with Crippen molar-refractivity contribution in [3.8, 4) is 5.75 Å². The molecule has 1 aromatic carbocycles. The van der Waals surface area contributed by atoms with E-state index in [4.69, 9.17) is 4.74 Å². The molecule has 124 valence electrons. The molecule has 0 amide bonds. The van der Waals surface area contributed by atoms with Gasteiger partial charge >= 0.3 is 0 Å². The zero-order valence-electron chi connectivity index (χ0n) is 15.3. The Labute approximate surface area is 137 Å². The van der Waals surface area contributed by atoms with E-state index >= 15 is 0 Å². The molecule has 2 nitrogen and oxygen atoms in total. The van der Waals surface area contributed by atoms with Crippen molar-refractivity contribution in [2.75, 3.05) is 13.2 Å². The summed E-state index contributed by atoms with van der Waals surface area (Å²) in [5.74, 6) is 0.939. The molecule has 0 saturated carbocycles. The molecule has 0 N–H and O–H groups in total. The van der Waals surface area contributed by atoms with Gasteiger partial charge in [0.2, 0.25) is 0 Å². The Balaban J connectivity index is 2.35. The second kappa shape index (κ2) is 7.82. The smallest absolute Gasteiger partial charge is 0.119 e. The van der Waals surface area contributed by atoms with E-state index in [2.05, 4.69) is 53.0 Å². The molecule has 0 spiro atoms. The van der Waals surface area contributed by atoms with Crippen LogP contribution in [0.2, 0.25) is 0 Å². The highest BCUT2D eigenvalue weighted by molar-refractivity contribution is 5.48. The van der Waals surface area contributed by atoms with Crippen LogP contribution in [0.25, 0.3) is 6.08 Å². The van der Waals surface area contributed by atoms with Gasteiger partial charge in [-0.2, -0.15) is 0 Å². The fraction of sp³-hybridized carbons (Fsp3) is 0.600. The first-order valence-electron chi connectivity index (χ1n) is 8.27. The van der Waals surface area contributed by atoms with Gasteiger partial charge in [-0.1, -0.05) is 24.8 Å². The number of hydrogen-bond acceptors (Lipinski definition) is 2. The van der Waals surface area contributed by atoms with Crippen LogP contribution < -0.4 is 4.74 Å². The molecule has 2 heteroatoms. The van der Waals surface area contributed by atoms with Gasteiger partial charge in [-0.05, 0) is 78.6 Å². The minimum absolute atomic E-state index is 0.194. The molecule has 0 radical (unpaired) electrons. The van der Waals surface area contributed by atoms with Crippen LogP contribution >= 0.6 is 0 Å². The van der Waals surface area contributed by atoms with Crippen LogP contribution in [-0.2, 0) is 0 Å². The molecule has 0 aliphatic heterocycles. The fourth-order valence-electron chi connectivity index (χ4n) is 2.94. The maximum absolute atomic E-state index is 5.81. The second-order valence-corrected chi connectivity index (χ2v) is 7.82. The van der Waals surface area contributed by atoms with Crippen molar-refractivity contribution in [1.29, 1.82) is 0 Å². The number of ether oxygens (including phenoxy) is 1. The highest BCUT2D eigenvalue weighted by Crippen LogP contribution is 2.25. The van der Waals surface area contributed by atoms with Gasteiger partial charge in [0.15, 0.2) is 0 Å². The fourth-order valence-corrected chi connectivity index (χ4v) is 2.94. The van der Waals surface area contributed by atoms with Gasteiger partial charge in [0.25, 0.3) is 0 Å². The molecule has 0 heterocycles. The Bertz CT molecular complexity index is 434. The molecule has 0 atom stereocenters. The molecule has 0 aliphatic carbocycles. The first-order chi connectivity index (χ1) is 10.1. The third kappa shape index (κ3) is 6.23. The van der Waals surface area contributed by atoms with Gasteiger partial charge in [-0.25, -0.2) is 0 Å². The average molecular weight is 303 g/mol. The molecule has 0 saturated heterocycles. The molecule has 1 aromatic rings. The number of hydrogen-bond donors (Lipinski definition) is 0. The summed E-state index contributed by atoms with van der Waals surface area (Å²) in [4.78, 5) is 2.57. The first kappa shape index (κ1) is 18.8. The van der Waals surface area contributed by atoms with E-state index in [9.17, 15) is 0 Å². The minimum atomic E-state index is 0.194. The van der Waals surface area contributed by atoms with Crippen LogP contribution in [0.1, 0.15) is 59.9 Å². The second-order valence-electron chi connectivity index (χ2n) is 7.82. The predicted molar refractivity (Wildman–Crippen MR) is 97.5 cm³/mol. The SMILES string of the molecule is C=Cc1ccc(OCCCCN(C(C)(C)C)C(C)(C)C)cc1. The normalized spacial score (nSPS) is 12.5. The molecular formula is C20H33NO. The molecule has 1 rings (SSSR count). The van der Waals surface area contributed by atoms with E-state index in [1.54, 1.807) is 0 Å². The molecule has 0 fully saturated rings. The zero-order valence-corrected chi connectivity index (χ0v) is 15.3. The van der Waals surface area contributed by atoms with E-state index in [0.29, 0.717) is 0 Å². The first-order valence-corrected chi connectivity index (χ1v) is 8.27. The third-order valence-corrected chi connectivity index (χ3v) is 3.78. The molecular weight excluding hydrogens is 270 g/mol. The minimum Gasteiger partial charge on any atom is -0.494 e. The summed E-state index contributed by atoms with van der Waals surface area (Å²) >= 11 is 0. The van der Waals surface area contributed by atoms with E-state index in [1.807, 2.05) is 30.3 Å². The van der Waals surface area contributed by atoms with Crippen LogP contribution in [0.5, 0.6) is 5.75 Å². The lowest BCUT2D eigenvalue weighted by atomic mass is 9.95. The summed E-state index contributed by atoms with van der Waals surface area (Å²) in [5, 5.41) is 0. The number of benzene rings is 1. The Morgan fingerprint density at radius 2 is 1.50 bits per heavy atom. The topological polar surface area (TPSA) is 12.5 Å². The lowest BCUT2D eigenvalue weighted by Crippen LogP contribution is -2.52. The van der Waals surface area contributed by atoms with Gasteiger partial charge in [0, 0.05) is 11.1 Å². The predicted octanol–water partition coefficient (Wildman–Crippen LogP) is 5.39. The summed E-state index contributed by atoms with van der Waals surface area (Å²) in [5.41, 5.74) is 1.51. The number of nitrogens with zero attached hydrogens (tertiary/aromatic N) is 1. The van der Waals surface area contributed by atoms with Gasteiger partial charge in [0.05, 0.1) is 6.61 Å². The quantitative estimate of drug-likeness (QED) is 0.626. The van der Waals surface area contributed by atoms with Crippen LogP contribution in [0, 0.1) is 0 Å². The lowest BCUT2D eigenvalue weighted by molar-refractivity contribution is 0.0358. The third-order valence-electron chi connectivity index (χ3n) is 3.78. The highest BCUT2D eigenvalue weighted by Gasteiger charge is 2.30. The largest absolute Gasteiger partial charge is 0.494 e.